The normalized spacial score (nSPS) is 26.0. The van der Waals surface area contributed by atoms with E-state index in [1.807, 2.05) is 24.3 Å². The van der Waals surface area contributed by atoms with E-state index in [9.17, 15) is 19.5 Å². The number of para-hydroxylation sites is 1. The zero-order valence-corrected chi connectivity index (χ0v) is 24.9. The van der Waals surface area contributed by atoms with Crippen LogP contribution < -0.4 is 0 Å². The van der Waals surface area contributed by atoms with Gasteiger partial charge in [0.15, 0.2) is 0 Å². The van der Waals surface area contributed by atoms with Crippen LogP contribution >= 0.6 is 11.8 Å². The lowest BCUT2D eigenvalue weighted by atomic mass is 9.71. The first-order valence-electron chi connectivity index (χ1n) is 15.0. The molecule has 1 aromatic carbocycles. The van der Waals surface area contributed by atoms with Crippen molar-refractivity contribution in [2.24, 2.45) is 11.8 Å². The summed E-state index contributed by atoms with van der Waals surface area (Å²) in [6.07, 6.45) is 9.51. The molecule has 3 aliphatic rings. The lowest BCUT2D eigenvalue weighted by Gasteiger charge is -2.37. The van der Waals surface area contributed by atoms with Crippen molar-refractivity contribution in [2.75, 3.05) is 26.3 Å². The van der Waals surface area contributed by atoms with Crippen LogP contribution in [0.3, 0.4) is 0 Å². The smallest absolute Gasteiger partial charge is 0.310 e. The highest BCUT2D eigenvalue weighted by atomic mass is 32.2. The number of amides is 2. The maximum atomic E-state index is 14.6. The number of benzene rings is 1. The maximum Gasteiger partial charge on any atom is 0.310 e. The summed E-state index contributed by atoms with van der Waals surface area (Å²) in [5.41, 5.74) is 1.55. The van der Waals surface area contributed by atoms with Crippen LogP contribution in [-0.2, 0) is 25.8 Å². The number of hydrogen-bond acceptors (Lipinski definition) is 8. The highest BCUT2D eigenvalue weighted by Crippen LogP contribution is 2.66. The van der Waals surface area contributed by atoms with E-state index in [4.69, 9.17) is 4.74 Å². The number of fused-ring (bicyclic) bond motifs is 2. The summed E-state index contributed by atoms with van der Waals surface area (Å²) in [6, 6.07) is 6.89. The molecule has 1 spiro atoms. The van der Waals surface area contributed by atoms with Crippen molar-refractivity contribution in [1.82, 2.24) is 24.8 Å². The van der Waals surface area contributed by atoms with Gasteiger partial charge in [-0.15, -0.1) is 30.0 Å². The molecule has 3 aliphatic heterocycles. The van der Waals surface area contributed by atoms with E-state index in [1.54, 1.807) is 38.4 Å². The third-order valence-electron chi connectivity index (χ3n) is 8.80. The van der Waals surface area contributed by atoms with Gasteiger partial charge in [-0.25, -0.2) is 4.68 Å². The number of hydrogen-bond donors (Lipinski definition) is 1. The molecule has 1 aromatic heterocycles. The number of aliphatic hydroxyl groups is 1. The molecular weight excluding hydrogens is 554 g/mol. The Morgan fingerprint density at radius 1 is 1.17 bits per heavy atom. The molecule has 1 N–H and O–H groups in total. The van der Waals surface area contributed by atoms with E-state index in [0.29, 0.717) is 32.4 Å². The molecular formula is C31H41N5O5S. The summed E-state index contributed by atoms with van der Waals surface area (Å²) in [5, 5.41) is 17.7. The lowest BCUT2D eigenvalue weighted by Crippen LogP contribution is -2.55. The van der Waals surface area contributed by atoms with Crippen LogP contribution in [0.4, 0.5) is 0 Å². The second-order valence-corrected chi connectivity index (χ2v) is 13.0. The number of aliphatic hydroxyl groups excluding tert-OH is 1. The van der Waals surface area contributed by atoms with Crippen LogP contribution in [0.15, 0.2) is 49.6 Å². The first-order valence-corrected chi connectivity index (χ1v) is 15.9. The van der Waals surface area contributed by atoms with Gasteiger partial charge in [-0.05, 0) is 50.7 Å². The highest BCUT2D eigenvalue weighted by Gasteiger charge is 2.74. The number of likely N-dealkylation sites (tertiary alicyclic amines) is 1. The molecule has 11 heteroatoms. The molecule has 5 rings (SSSR count). The standard InChI is InChI=1S/C31H41N5O5S/c1-3-5-12-20-41-30(40)25-24-15-16-31(42-24)26(25)28(38)35(18-10-6-7-11-19-37)27(31)29(39)34(17-4-2)21-36-23-14-9-8-13-22(23)32-33-36/h3-4,8-9,13-14,24-27,37H,1-2,5-7,10-12,15-21H2/t24-,25+,26+,27?,31?/m1/s1. The Labute approximate surface area is 251 Å². The molecule has 3 saturated heterocycles. The number of unbranched alkanes of at least 4 members (excludes halogenated alkanes) is 4. The number of ether oxygens (including phenoxy) is 1. The first-order chi connectivity index (χ1) is 20.5. The molecule has 0 radical (unpaired) electrons. The summed E-state index contributed by atoms with van der Waals surface area (Å²) in [4.78, 5) is 45.6. The number of aromatic nitrogens is 3. The topological polar surface area (TPSA) is 118 Å². The SMILES string of the molecule is C=CCCCOC(=O)[C@@H]1[C@H]2C(=O)N(CCCCCCO)C(C(=O)N(CC=C)Cn3nnc4ccccc43)C23CC[C@H]1S3. The van der Waals surface area contributed by atoms with Crippen molar-refractivity contribution in [3.63, 3.8) is 0 Å². The van der Waals surface area contributed by atoms with Crippen LogP contribution in [0.5, 0.6) is 0 Å². The molecule has 2 amide bonds. The average molecular weight is 596 g/mol. The van der Waals surface area contributed by atoms with Gasteiger partial charge in [-0.1, -0.05) is 42.3 Å². The molecule has 2 unspecified atom stereocenters. The third-order valence-corrected chi connectivity index (χ3v) is 10.7. The van der Waals surface area contributed by atoms with Gasteiger partial charge in [0.1, 0.15) is 18.2 Å². The molecule has 0 aliphatic carbocycles. The fourth-order valence-electron chi connectivity index (χ4n) is 6.91. The van der Waals surface area contributed by atoms with Gasteiger partial charge < -0.3 is 19.6 Å². The zero-order chi connectivity index (χ0) is 29.7. The molecule has 42 heavy (non-hydrogen) atoms. The minimum Gasteiger partial charge on any atom is -0.465 e. The molecule has 226 valence electrons. The van der Waals surface area contributed by atoms with E-state index in [-0.39, 0.29) is 42.9 Å². The Morgan fingerprint density at radius 3 is 2.76 bits per heavy atom. The van der Waals surface area contributed by atoms with Crippen LogP contribution in [0, 0.1) is 11.8 Å². The monoisotopic (exact) mass is 595 g/mol. The summed E-state index contributed by atoms with van der Waals surface area (Å²) in [7, 11) is 0. The van der Waals surface area contributed by atoms with Gasteiger partial charge in [0, 0.05) is 24.9 Å². The largest absolute Gasteiger partial charge is 0.465 e. The third kappa shape index (κ3) is 5.60. The van der Waals surface area contributed by atoms with Gasteiger partial charge in [-0.2, -0.15) is 0 Å². The fraction of sp³-hybridized carbons (Fsp3) is 0.581. The summed E-state index contributed by atoms with van der Waals surface area (Å²) >= 11 is 1.65. The Balaban J connectivity index is 1.43. The number of carbonyl (C=O) groups excluding carboxylic acids is 3. The van der Waals surface area contributed by atoms with Crippen molar-refractivity contribution < 1.29 is 24.2 Å². The van der Waals surface area contributed by atoms with E-state index >= 15 is 0 Å². The van der Waals surface area contributed by atoms with Crippen LogP contribution in [0.1, 0.15) is 51.4 Å². The van der Waals surface area contributed by atoms with Gasteiger partial charge in [0.2, 0.25) is 11.8 Å². The van der Waals surface area contributed by atoms with Crippen LogP contribution in [0.2, 0.25) is 0 Å². The fourth-order valence-corrected chi connectivity index (χ4v) is 9.12. The number of carbonyl (C=O) groups is 3. The second kappa shape index (κ2) is 13.4. The van der Waals surface area contributed by atoms with Gasteiger partial charge in [0.05, 0.1) is 28.7 Å². The van der Waals surface area contributed by atoms with E-state index in [1.165, 1.54) is 0 Å². The Kier molecular flexibility index (Phi) is 9.67. The average Bonchev–Trinajstić information content (AvgIpc) is 3.74. The Morgan fingerprint density at radius 2 is 1.98 bits per heavy atom. The highest BCUT2D eigenvalue weighted by molar-refractivity contribution is 8.02. The maximum absolute atomic E-state index is 14.6. The van der Waals surface area contributed by atoms with Gasteiger partial charge in [0.25, 0.3) is 0 Å². The summed E-state index contributed by atoms with van der Waals surface area (Å²) in [6.45, 7) is 8.92. The molecule has 0 saturated carbocycles. The van der Waals surface area contributed by atoms with Crippen molar-refractivity contribution in [1.29, 1.82) is 0 Å². The number of esters is 1. The van der Waals surface area contributed by atoms with Crippen LogP contribution in [-0.4, -0.2) is 90.0 Å². The summed E-state index contributed by atoms with van der Waals surface area (Å²) in [5.74, 6) is -1.75. The van der Waals surface area contributed by atoms with E-state index in [0.717, 1.165) is 43.1 Å². The number of allylic oxidation sites excluding steroid dienone is 1. The first kappa shape index (κ1) is 30.3. The predicted molar refractivity (Wildman–Crippen MR) is 161 cm³/mol. The molecule has 4 heterocycles. The van der Waals surface area contributed by atoms with E-state index < -0.39 is 22.6 Å². The van der Waals surface area contributed by atoms with E-state index in [2.05, 4.69) is 23.5 Å². The number of nitrogens with zero attached hydrogens (tertiary/aromatic N) is 5. The van der Waals surface area contributed by atoms with Crippen molar-refractivity contribution in [2.45, 2.75) is 74.1 Å². The van der Waals surface area contributed by atoms with Gasteiger partial charge >= 0.3 is 5.97 Å². The molecule has 2 bridgehead atoms. The Bertz CT molecular complexity index is 1320. The molecule has 3 fully saturated rings. The van der Waals surface area contributed by atoms with Crippen LogP contribution in [0.25, 0.3) is 11.0 Å². The minimum atomic E-state index is -0.698. The number of thioether (sulfide) groups is 1. The Hall–Kier alpha value is -3.18. The zero-order valence-electron chi connectivity index (χ0n) is 24.1. The van der Waals surface area contributed by atoms with Crippen molar-refractivity contribution in [3.8, 4) is 0 Å². The number of rotatable bonds is 16. The predicted octanol–water partition coefficient (Wildman–Crippen LogP) is 3.56. The second-order valence-electron chi connectivity index (χ2n) is 11.4. The van der Waals surface area contributed by atoms with Crippen molar-refractivity contribution in [3.05, 3.63) is 49.6 Å². The lowest BCUT2D eigenvalue weighted by molar-refractivity contribution is -0.154. The molecule has 5 atom stereocenters. The quantitative estimate of drug-likeness (QED) is 0.178. The van der Waals surface area contributed by atoms with Gasteiger partial charge in [-0.3, -0.25) is 14.4 Å². The minimum absolute atomic E-state index is 0.0417. The molecule has 2 aromatic rings. The van der Waals surface area contributed by atoms with Crippen molar-refractivity contribution >= 4 is 40.6 Å². The summed E-state index contributed by atoms with van der Waals surface area (Å²) < 4.78 is 6.68. The molecule has 10 nitrogen and oxygen atoms in total.